The molecule has 2 aromatic rings. The molecule has 0 fully saturated rings. The molecule has 0 aliphatic carbocycles. The largest absolute Gasteiger partial charge is 0.397 e. The van der Waals surface area contributed by atoms with Crippen molar-refractivity contribution in [1.29, 1.82) is 0 Å². The minimum absolute atomic E-state index is 0.699. The van der Waals surface area contributed by atoms with Gasteiger partial charge in [0.2, 0.25) is 0 Å². The van der Waals surface area contributed by atoms with Gasteiger partial charge in [-0.05, 0) is 55.7 Å². The van der Waals surface area contributed by atoms with E-state index in [0.717, 1.165) is 5.69 Å². The third kappa shape index (κ3) is 1.91. The zero-order valence-corrected chi connectivity index (χ0v) is 9.91. The van der Waals surface area contributed by atoms with Crippen LogP contribution >= 0.6 is 0 Å². The molecule has 0 spiro atoms. The smallest absolute Gasteiger partial charge is 0.0706 e. The van der Waals surface area contributed by atoms with Gasteiger partial charge in [0.25, 0.3) is 0 Å². The number of aryl methyl sites for hydroxylation is 3. The van der Waals surface area contributed by atoms with Gasteiger partial charge in [-0.15, -0.1) is 0 Å². The summed E-state index contributed by atoms with van der Waals surface area (Å²) in [5.74, 6) is 0. The van der Waals surface area contributed by atoms with Crippen LogP contribution in [0.2, 0.25) is 0 Å². The maximum atomic E-state index is 5.63. The third-order valence-corrected chi connectivity index (χ3v) is 2.90. The van der Waals surface area contributed by atoms with Crippen LogP contribution in [0, 0.1) is 20.8 Å². The van der Waals surface area contributed by atoms with Gasteiger partial charge in [0, 0.05) is 5.56 Å². The van der Waals surface area contributed by atoms with Gasteiger partial charge < -0.3 is 5.73 Å². The molecule has 1 aromatic carbocycles. The number of nitrogen functional groups attached to an aromatic ring is 1. The van der Waals surface area contributed by atoms with Crippen LogP contribution in [-0.4, -0.2) is 4.98 Å². The maximum absolute atomic E-state index is 5.63. The molecule has 0 unspecified atom stereocenters. The van der Waals surface area contributed by atoms with Crippen molar-refractivity contribution < 1.29 is 0 Å². The van der Waals surface area contributed by atoms with E-state index in [-0.39, 0.29) is 0 Å². The predicted molar refractivity (Wildman–Crippen MR) is 68.3 cm³/mol. The fourth-order valence-corrected chi connectivity index (χ4v) is 1.80. The Balaban J connectivity index is 2.56. The molecule has 0 radical (unpaired) electrons. The molecule has 1 heterocycles. The van der Waals surface area contributed by atoms with Crippen molar-refractivity contribution in [3.8, 4) is 11.3 Å². The van der Waals surface area contributed by atoms with Gasteiger partial charge >= 0.3 is 0 Å². The zero-order chi connectivity index (χ0) is 11.7. The summed E-state index contributed by atoms with van der Waals surface area (Å²) in [4.78, 5) is 4.36. The first-order valence-electron chi connectivity index (χ1n) is 5.37. The fraction of sp³-hybridized carbons (Fsp3) is 0.214. The number of hydrogen-bond donors (Lipinski definition) is 1. The first-order chi connectivity index (χ1) is 7.58. The standard InChI is InChI=1S/C14H16N2/c1-9-6-11(3)13(7-10(9)2)14-5-4-12(15)8-16-14/h4-8H,15H2,1-3H3. The fourth-order valence-electron chi connectivity index (χ4n) is 1.80. The number of benzene rings is 1. The number of hydrogen-bond acceptors (Lipinski definition) is 2. The molecule has 0 saturated heterocycles. The molecule has 2 nitrogen and oxygen atoms in total. The normalized spacial score (nSPS) is 10.4. The molecule has 2 heteroatoms. The molecule has 2 N–H and O–H groups in total. The van der Waals surface area contributed by atoms with E-state index in [1.807, 2.05) is 12.1 Å². The second-order valence-corrected chi connectivity index (χ2v) is 4.23. The molecule has 0 saturated carbocycles. The number of anilines is 1. The van der Waals surface area contributed by atoms with Crippen LogP contribution in [0.3, 0.4) is 0 Å². The van der Waals surface area contributed by atoms with Crippen LogP contribution in [0.4, 0.5) is 5.69 Å². The van der Waals surface area contributed by atoms with Gasteiger partial charge in [-0.25, -0.2) is 0 Å². The highest BCUT2D eigenvalue weighted by atomic mass is 14.7. The lowest BCUT2D eigenvalue weighted by atomic mass is 9.98. The summed E-state index contributed by atoms with van der Waals surface area (Å²) >= 11 is 0. The molecule has 0 aliphatic rings. The molecule has 0 aliphatic heterocycles. The van der Waals surface area contributed by atoms with E-state index in [1.165, 1.54) is 22.3 Å². The quantitative estimate of drug-likeness (QED) is 0.788. The Labute approximate surface area is 96.1 Å². The molecular formula is C14H16N2. The van der Waals surface area contributed by atoms with Crippen molar-refractivity contribution in [3.05, 3.63) is 47.2 Å². The van der Waals surface area contributed by atoms with E-state index in [2.05, 4.69) is 37.9 Å². The van der Waals surface area contributed by atoms with Crippen LogP contribution in [0.25, 0.3) is 11.3 Å². The maximum Gasteiger partial charge on any atom is 0.0706 e. The first-order valence-corrected chi connectivity index (χ1v) is 5.37. The first kappa shape index (κ1) is 10.7. The summed E-state index contributed by atoms with van der Waals surface area (Å²) in [5, 5.41) is 0. The number of nitrogens with two attached hydrogens (primary N) is 1. The average Bonchev–Trinajstić information content (AvgIpc) is 2.25. The van der Waals surface area contributed by atoms with E-state index < -0.39 is 0 Å². The molecular weight excluding hydrogens is 196 g/mol. The minimum atomic E-state index is 0.699. The highest BCUT2D eigenvalue weighted by molar-refractivity contribution is 5.66. The van der Waals surface area contributed by atoms with Crippen molar-refractivity contribution >= 4 is 5.69 Å². The summed E-state index contributed by atoms with van der Waals surface area (Å²) in [6.07, 6.45) is 1.70. The van der Waals surface area contributed by atoms with E-state index in [4.69, 9.17) is 5.73 Å². The Hall–Kier alpha value is -1.83. The van der Waals surface area contributed by atoms with Crippen LogP contribution in [-0.2, 0) is 0 Å². The van der Waals surface area contributed by atoms with Crippen LogP contribution in [0.5, 0.6) is 0 Å². The zero-order valence-electron chi connectivity index (χ0n) is 9.91. The topological polar surface area (TPSA) is 38.9 Å². The van der Waals surface area contributed by atoms with E-state index in [9.17, 15) is 0 Å². The molecule has 82 valence electrons. The van der Waals surface area contributed by atoms with Gasteiger partial charge in [0.1, 0.15) is 0 Å². The second-order valence-electron chi connectivity index (χ2n) is 4.23. The van der Waals surface area contributed by atoms with Crippen molar-refractivity contribution in [2.75, 3.05) is 5.73 Å². The monoisotopic (exact) mass is 212 g/mol. The summed E-state index contributed by atoms with van der Waals surface area (Å²) < 4.78 is 0. The van der Waals surface area contributed by atoms with Crippen molar-refractivity contribution in [3.63, 3.8) is 0 Å². The lowest BCUT2D eigenvalue weighted by Crippen LogP contribution is -1.92. The van der Waals surface area contributed by atoms with Crippen molar-refractivity contribution in [2.24, 2.45) is 0 Å². The van der Waals surface area contributed by atoms with Gasteiger partial charge in [-0.2, -0.15) is 0 Å². The molecule has 1 aromatic heterocycles. The lowest BCUT2D eigenvalue weighted by Gasteiger charge is -2.09. The van der Waals surface area contributed by atoms with E-state index in [1.54, 1.807) is 6.20 Å². The van der Waals surface area contributed by atoms with Crippen LogP contribution in [0.1, 0.15) is 16.7 Å². The summed E-state index contributed by atoms with van der Waals surface area (Å²) in [5.41, 5.74) is 12.4. The molecule has 0 atom stereocenters. The Morgan fingerprint density at radius 2 is 1.62 bits per heavy atom. The highest BCUT2D eigenvalue weighted by Gasteiger charge is 2.05. The van der Waals surface area contributed by atoms with Crippen molar-refractivity contribution in [2.45, 2.75) is 20.8 Å². The van der Waals surface area contributed by atoms with Crippen LogP contribution < -0.4 is 5.73 Å². The lowest BCUT2D eigenvalue weighted by molar-refractivity contribution is 1.26. The number of rotatable bonds is 1. The van der Waals surface area contributed by atoms with Crippen LogP contribution in [0.15, 0.2) is 30.5 Å². The number of aromatic nitrogens is 1. The molecule has 0 amide bonds. The van der Waals surface area contributed by atoms with E-state index in [0.29, 0.717) is 5.69 Å². The summed E-state index contributed by atoms with van der Waals surface area (Å²) in [7, 11) is 0. The Kier molecular flexibility index (Phi) is 2.65. The minimum Gasteiger partial charge on any atom is -0.397 e. The average molecular weight is 212 g/mol. The third-order valence-electron chi connectivity index (χ3n) is 2.90. The SMILES string of the molecule is Cc1cc(C)c(-c2ccc(N)cn2)cc1C. The van der Waals surface area contributed by atoms with Gasteiger partial charge in [-0.3, -0.25) is 4.98 Å². The molecule has 16 heavy (non-hydrogen) atoms. The predicted octanol–water partition coefficient (Wildman–Crippen LogP) is 3.26. The summed E-state index contributed by atoms with van der Waals surface area (Å²) in [6.45, 7) is 6.36. The Morgan fingerprint density at radius 3 is 2.25 bits per heavy atom. The number of nitrogens with zero attached hydrogens (tertiary/aromatic N) is 1. The van der Waals surface area contributed by atoms with Gasteiger partial charge in [0.05, 0.1) is 17.6 Å². The Bertz CT molecular complexity index is 513. The summed E-state index contributed by atoms with van der Waals surface area (Å²) in [6, 6.07) is 8.23. The van der Waals surface area contributed by atoms with Gasteiger partial charge in [-0.1, -0.05) is 6.07 Å². The van der Waals surface area contributed by atoms with E-state index >= 15 is 0 Å². The molecule has 2 rings (SSSR count). The number of pyridine rings is 1. The molecule has 0 bridgehead atoms. The Morgan fingerprint density at radius 1 is 0.938 bits per heavy atom. The second kappa shape index (κ2) is 3.97. The highest BCUT2D eigenvalue weighted by Crippen LogP contribution is 2.25. The van der Waals surface area contributed by atoms with Gasteiger partial charge in [0.15, 0.2) is 0 Å². The van der Waals surface area contributed by atoms with Crippen molar-refractivity contribution in [1.82, 2.24) is 4.98 Å².